The van der Waals surface area contributed by atoms with E-state index >= 15 is 0 Å². The van der Waals surface area contributed by atoms with E-state index in [0.717, 1.165) is 6.42 Å². The second kappa shape index (κ2) is 11.8. The minimum absolute atomic E-state index is 0.00994. The summed E-state index contributed by atoms with van der Waals surface area (Å²) in [5.41, 5.74) is 10.8. The molecule has 8 rings (SSSR count). The predicted octanol–water partition coefficient (Wildman–Crippen LogP) is 8.63. The standard InChI is InChI=1S/C46H38Si/c1-46(2)44-21-13-12-20-42(44)43-31-28-37(33-45(43)46)36-26-22-34(23-27-36)32-35-24-29-41(30-25-35)47(38-14-6-3-7-15-38,39-16-8-4-9-17-39)40-18-10-5-11-19-40/h3-31,33H,32H2,1-2H3. The summed E-state index contributed by atoms with van der Waals surface area (Å²) >= 11 is 0. The van der Waals surface area contributed by atoms with E-state index in [1.165, 1.54) is 65.3 Å². The van der Waals surface area contributed by atoms with Crippen LogP contribution < -0.4 is 20.7 Å². The third-order valence-corrected chi connectivity index (χ3v) is 15.1. The van der Waals surface area contributed by atoms with Crippen molar-refractivity contribution in [2.24, 2.45) is 0 Å². The van der Waals surface area contributed by atoms with Crippen LogP contribution in [0.15, 0.2) is 182 Å². The molecule has 7 aromatic rings. The fourth-order valence-electron chi connectivity index (χ4n) is 7.87. The Bertz CT molecular complexity index is 2050. The van der Waals surface area contributed by atoms with Gasteiger partial charge in [0, 0.05) is 5.41 Å². The van der Waals surface area contributed by atoms with Gasteiger partial charge >= 0.3 is 0 Å². The zero-order valence-corrected chi connectivity index (χ0v) is 28.0. The molecule has 1 aliphatic rings. The molecule has 0 saturated heterocycles. The fourth-order valence-corrected chi connectivity index (χ4v) is 12.6. The molecule has 0 N–H and O–H groups in total. The van der Waals surface area contributed by atoms with Gasteiger partial charge < -0.3 is 0 Å². The first-order valence-corrected chi connectivity index (χ1v) is 18.6. The molecule has 1 heteroatoms. The monoisotopic (exact) mass is 618 g/mol. The molecule has 0 unspecified atom stereocenters. The maximum absolute atomic E-state index is 2.50. The SMILES string of the molecule is CC1(C)c2ccccc2-c2ccc(-c3ccc(Cc4ccc([Si](c5ccccc5)(c5ccccc5)c5ccccc5)cc4)cc3)cc21. The van der Waals surface area contributed by atoms with Gasteiger partial charge in [0.2, 0.25) is 0 Å². The Kier molecular flexibility index (Phi) is 7.35. The minimum Gasteiger partial charge on any atom is -0.0623 e. The Hall–Kier alpha value is -5.24. The van der Waals surface area contributed by atoms with Gasteiger partial charge in [0.25, 0.3) is 0 Å². The molecule has 0 fully saturated rings. The number of fused-ring (bicyclic) bond motifs is 3. The first-order valence-electron chi connectivity index (χ1n) is 16.6. The lowest BCUT2D eigenvalue weighted by molar-refractivity contribution is 0.660. The number of hydrogen-bond acceptors (Lipinski definition) is 0. The molecule has 0 aliphatic heterocycles. The van der Waals surface area contributed by atoms with Crippen LogP contribution in [0.3, 0.4) is 0 Å². The van der Waals surface area contributed by atoms with E-state index in [2.05, 4.69) is 196 Å². The summed E-state index contributed by atoms with van der Waals surface area (Å²) < 4.78 is 0. The summed E-state index contributed by atoms with van der Waals surface area (Å²) in [5.74, 6) is 0. The molecule has 0 saturated carbocycles. The Morgan fingerprint density at radius 1 is 0.383 bits per heavy atom. The van der Waals surface area contributed by atoms with Crippen molar-refractivity contribution in [3.8, 4) is 22.3 Å². The maximum atomic E-state index is 2.41. The average molecular weight is 619 g/mol. The van der Waals surface area contributed by atoms with Gasteiger partial charge in [0.1, 0.15) is 0 Å². The van der Waals surface area contributed by atoms with Crippen LogP contribution in [0, 0.1) is 0 Å². The highest BCUT2D eigenvalue weighted by molar-refractivity contribution is 7.19. The van der Waals surface area contributed by atoms with E-state index in [9.17, 15) is 0 Å². The third kappa shape index (κ3) is 4.99. The topological polar surface area (TPSA) is 0 Å². The van der Waals surface area contributed by atoms with Crippen LogP contribution >= 0.6 is 0 Å². The molecule has 0 amide bonds. The van der Waals surface area contributed by atoms with E-state index in [4.69, 9.17) is 0 Å². The van der Waals surface area contributed by atoms with Crippen molar-refractivity contribution in [3.63, 3.8) is 0 Å². The van der Waals surface area contributed by atoms with Gasteiger partial charge in [0.15, 0.2) is 8.07 Å². The van der Waals surface area contributed by atoms with Crippen LogP contribution in [0.5, 0.6) is 0 Å². The molecule has 0 atom stereocenters. The maximum Gasteiger partial charge on any atom is 0.179 e. The Morgan fingerprint density at radius 3 is 1.36 bits per heavy atom. The second-order valence-electron chi connectivity index (χ2n) is 13.3. The van der Waals surface area contributed by atoms with Gasteiger partial charge in [-0.2, -0.15) is 0 Å². The number of hydrogen-bond donors (Lipinski definition) is 0. The van der Waals surface area contributed by atoms with Gasteiger partial charge in [-0.15, -0.1) is 0 Å². The first-order chi connectivity index (χ1) is 23.0. The second-order valence-corrected chi connectivity index (χ2v) is 17.2. The minimum atomic E-state index is -2.50. The van der Waals surface area contributed by atoms with Crippen LogP contribution in [-0.4, -0.2) is 8.07 Å². The summed E-state index contributed by atoms with van der Waals surface area (Å²) in [4.78, 5) is 0. The largest absolute Gasteiger partial charge is 0.179 e. The lowest BCUT2D eigenvalue weighted by Gasteiger charge is -2.34. The van der Waals surface area contributed by atoms with Gasteiger partial charge in [0.05, 0.1) is 0 Å². The number of benzene rings is 7. The van der Waals surface area contributed by atoms with Crippen molar-refractivity contribution in [3.05, 3.63) is 204 Å². The lowest BCUT2D eigenvalue weighted by Crippen LogP contribution is -2.74. The molecule has 0 spiro atoms. The van der Waals surface area contributed by atoms with Crippen molar-refractivity contribution in [1.29, 1.82) is 0 Å². The summed E-state index contributed by atoms with van der Waals surface area (Å²) in [7, 11) is -2.50. The predicted molar refractivity (Wildman–Crippen MR) is 202 cm³/mol. The van der Waals surface area contributed by atoms with Gasteiger partial charge in [-0.05, 0) is 77.7 Å². The average Bonchev–Trinajstić information content (AvgIpc) is 3.37. The van der Waals surface area contributed by atoms with Gasteiger partial charge in [-0.1, -0.05) is 190 Å². The molecule has 47 heavy (non-hydrogen) atoms. The third-order valence-electron chi connectivity index (χ3n) is 10.3. The normalized spacial score (nSPS) is 13.1. The van der Waals surface area contributed by atoms with E-state index in [0.29, 0.717) is 0 Å². The van der Waals surface area contributed by atoms with Crippen LogP contribution in [-0.2, 0) is 11.8 Å². The number of rotatable bonds is 7. The van der Waals surface area contributed by atoms with Crippen LogP contribution in [0.4, 0.5) is 0 Å². The Labute approximate surface area is 280 Å². The summed E-state index contributed by atoms with van der Waals surface area (Å²) in [5, 5.41) is 5.61. The van der Waals surface area contributed by atoms with E-state index in [1.54, 1.807) is 0 Å². The highest BCUT2D eigenvalue weighted by Crippen LogP contribution is 2.49. The van der Waals surface area contributed by atoms with Crippen LogP contribution in [0.25, 0.3) is 22.3 Å². The highest BCUT2D eigenvalue weighted by Gasteiger charge is 2.41. The van der Waals surface area contributed by atoms with Crippen molar-refractivity contribution in [2.45, 2.75) is 25.7 Å². The summed E-state index contributed by atoms with van der Waals surface area (Å²) in [6, 6.07) is 67.9. The fraction of sp³-hybridized carbons (Fsp3) is 0.0870. The van der Waals surface area contributed by atoms with Crippen LogP contribution in [0.2, 0.25) is 0 Å². The van der Waals surface area contributed by atoms with Crippen molar-refractivity contribution in [2.75, 3.05) is 0 Å². The quantitative estimate of drug-likeness (QED) is 0.124. The molecule has 0 nitrogen and oxygen atoms in total. The van der Waals surface area contributed by atoms with Crippen molar-refractivity contribution in [1.82, 2.24) is 0 Å². The Morgan fingerprint density at radius 2 is 0.809 bits per heavy atom. The van der Waals surface area contributed by atoms with Gasteiger partial charge in [-0.25, -0.2) is 0 Å². The smallest absolute Gasteiger partial charge is 0.0623 e. The first kappa shape index (κ1) is 29.2. The molecule has 0 heterocycles. The van der Waals surface area contributed by atoms with Crippen LogP contribution in [0.1, 0.15) is 36.1 Å². The molecule has 0 bridgehead atoms. The van der Waals surface area contributed by atoms with Gasteiger partial charge in [-0.3, -0.25) is 0 Å². The highest BCUT2D eigenvalue weighted by atomic mass is 28.3. The molecule has 226 valence electrons. The summed E-state index contributed by atoms with van der Waals surface area (Å²) in [6.45, 7) is 4.70. The molecule has 7 aromatic carbocycles. The van der Waals surface area contributed by atoms with E-state index in [1.807, 2.05) is 0 Å². The van der Waals surface area contributed by atoms with E-state index < -0.39 is 8.07 Å². The summed E-state index contributed by atoms with van der Waals surface area (Å²) in [6.07, 6.45) is 0.906. The van der Waals surface area contributed by atoms with Crippen molar-refractivity contribution >= 4 is 28.8 Å². The molecule has 1 aliphatic carbocycles. The molecule has 0 aromatic heterocycles. The zero-order chi connectivity index (χ0) is 31.8. The van der Waals surface area contributed by atoms with Crippen molar-refractivity contribution < 1.29 is 0 Å². The molecule has 0 radical (unpaired) electrons. The lowest BCUT2D eigenvalue weighted by atomic mass is 9.81. The Balaban J connectivity index is 1.10. The van der Waals surface area contributed by atoms with E-state index in [-0.39, 0.29) is 5.41 Å². The molecular weight excluding hydrogens is 581 g/mol. The zero-order valence-electron chi connectivity index (χ0n) is 27.0. The molecular formula is C46H38Si.